The number of hydrogen-bond acceptors (Lipinski definition) is 2. The summed E-state index contributed by atoms with van der Waals surface area (Å²) in [6, 6.07) is 0. The molecule has 8 heavy (non-hydrogen) atoms. The molecule has 3 radical (unpaired) electrons. The summed E-state index contributed by atoms with van der Waals surface area (Å²) in [6.45, 7) is 0.107. The minimum absolute atomic E-state index is 0. The Hall–Kier alpha value is 1.01. The first kappa shape index (κ1) is 11.8. The Morgan fingerprint density at radius 3 is 2.12 bits per heavy atom. The average molecular weight is 244 g/mol. The number of halogens is 1. The Kier molecular flexibility index (Phi) is 11.8. The molecule has 49 valence electrons. The molecule has 0 aromatic rings. The van der Waals surface area contributed by atoms with E-state index in [1.807, 2.05) is 0 Å². The molecule has 0 aliphatic rings. The van der Waals surface area contributed by atoms with Crippen molar-refractivity contribution in [2.24, 2.45) is 0 Å². The van der Waals surface area contributed by atoms with E-state index in [0.717, 1.165) is 4.44 Å². The zero-order valence-corrected chi connectivity index (χ0v) is 8.17. The van der Waals surface area contributed by atoms with E-state index in [2.05, 4.69) is 0 Å². The van der Waals surface area contributed by atoms with E-state index >= 15 is 0 Å². The second-order valence-corrected chi connectivity index (χ2v) is 2.54. The zero-order valence-electron chi connectivity index (χ0n) is 4.50. The van der Waals surface area contributed by atoms with Gasteiger partial charge in [0.25, 0.3) is 0 Å². The molecule has 0 aliphatic carbocycles. The molecule has 2 nitrogen and oxygen atoms in total. The van der Waals surface area contributed by atoms with Gasteiger partial charge in [-0.15, -0.1) is 12.4 Å². The zero-order chi connectivity index (χ0) is 5.70. The molecule has 1 unspecified atom stereocenters. The fourth-order valence-corrected chi connectivity index (χ4v) is 0.834. The van der Waals surface area contributed by atoms with E-state index in [4.69, 9.17) is 10.2 Å². The van der Waals surface area contributed by atoms with Crippen LogP contribution in [0.2, 0.25) is 4.44 Å². The summed E-state index contributed by atoms with van der Waals surface area (Å²) in [5.41, 5.74) is 0. The SMILES string of the molecule is Cl.OCCC(O)[CH2][Sn]. The van der Waals surface area contributed by atoms with Gasteiger partial charge in [0.15, 0.2) is 0 Å². The molecule has 0 fully saturated rings. The molecule has 0 saturated heterocycles. The van der Waals surface area contributed by atoms with Crippen LogP contribution in [0, 0.1) is 0 Å². The third-order valence-corrected chi connectivity index (χ3v) is 2.04. The summed E-state index contributed by atoms with van der Waals surface area (Å²) >= 11 is 1.33. The van der Waals surface area contributed by atoms with Crippen LogP contribution in [-0.4, -0.2) is 45.4 Å². The molecule has 4 heteroatoms. The molecule has 2 N–H and O–H groups in total. The van der Waals surface area contributed by atoms with Gasteiger partial charge in [0.2, 0.25) is 0 Å². The molecular weight excluding hydrogens is 234 g/mol. The van der Waals surface area contributed by atoms with Gasteiger partial charge in [0, 0.05) is 0 Å². The van der Waals surface area contributed by atoms with Crippen LogP contribution in [0.1, 0.15) is 6.42 Å². The van der Waals surface area contributed by atoms with Crippen molar-refractivity contribution in [3.63, 3.8) is 0 Å². The predicted octanol–water partition coefficient (Wildman–Crippen LogP) is -0.262. The van der Waals surface area contributed by atoms with E-state index < -0.39 is 0 Å². The third-order valence-electron chi connectivity index (χ3n) is 0.698. The Morgan fingerprint density at radius 2 is 2.00 bits per heavy atom. The third kappa shape index (κ3) is 7.01. The molecule has 0 spiro atoms. The van der Waals surface area contributed by atoms with Crippen molar-refractivity contribution >= 4 is 34.9 Å². The Morgan fingerprint density at radius 1 is 1.50 bits per heavy atom. The number of rotatable bonds is 3. The molecule has 0 amide bonds. The van der Waals surface area contributed by atoms with Gasteiger partial charge in [0.05, 0.1) is 0 Å². The second-order valence-electron chi connectivity index (χ2n) is 1.37. The molecule has 0 heterocycles. The molecule has 1 atom stereocenters. The summed E-state index contributed by atoms with van der Waals surface area (Å²) in [5, 5.41) is 16.9. The van der Waals surface area contributed by atoms with E-state index in [9.17, 15) is 0 Å². The molecule has 0 aliphatic heterocycles. The van der Waals surface area contributed by atoms with Crippen LogP contribution < -0.4 is 0 Å². The first-order valence-corrected chi connectivity index (χ1v) is 4.26. The maximum atomic E-state index is 8.72. The normalized spacial score (nSPS) is 12.4. The Balaban J connectivity index is 0. The maximum absolute atomic E-state index is 8.72. The van der Waals surface area contributed by atoms with Gasteiger partial charge >= 0.3 is 56.3 Å². The average Bonchev–Trinajstić information content (AvgIpc) is 1.68. The molecule has 0 aromatic carbocycles. The number of aliphatic hydroxyl groups excluding tert-OH is 2. The van der Waals surface area contributed by atoms with Crippen molar-refractivity contribution in [1.29, 1.82) is 0 Å². The van der Waals surface area contributed by atoms with Crippen LogP contribution in [0.15, 0.2) is 0 Å². The first-order chi connectivity index (χ1) is 3.31. The molecular formula is C4H10ClO2Sn. The van der Waals surface area contributed by atoms with Crippen LogP contribution in [0.25, 0.3) is 0 Å². The topological polar surface area (TPSA) is 40.5 Å². The van der Waals surface area contributed by atoms with Gasteiger partial charge in [-0.05, 0) is 0 Å². The Labute approximate surface area is 68.8 Å². The van der Waals surface area contributed by atoms with E-state index in [0.29, 0.717) is 6.42 Å². The van der Waals surface area contributed by atoms with Gasteiger partial charge in [-0.1, -0.05) is 0 Å². The van der Waals surface area contributed by atoms with Crippen LogP contribution >= 0.6 is 12.4 Å². The van der Waals surface area contributed by atoms with Crippen molar-refractivity contribution in [2.45, 2.75) is 17.0 Å². The van der Waals surface area contributed by atoms with Gasteiger partial charge in [-0.3, -0.25) is 0 Å². The number of hydrogen-bond donors (Lipinski definition) is 2. The second kappa shape index (κ2) is 8.01. The van der Waals surface area contributed by atoms with Crippen LogP contribution in [0.3, 0.4) is 0 Å². The predicted molar refractivity (Wildman–Crippen MR) is 35.5 cm³/mol. The van der Waals surface area contributed by atoms with Crippen LogP contribution in [0.4, 0.5) is 0 Å². The summed E-state index contributed by atoms with van der Waals surface area (Å²) in [6.07, 6.45) is 0.272. The van der Waals surface area contributed by atoms with E-state index in [1.165, 1.54) is 22.5 Å². The van der Waals surface area contributed by atoms with Crippen molar-refractivity contribution in [1.82, 2.24) is 0 Å². The van der Waals surface area contributed by atoms with Crippen LogP contribution in [0.5, 0.6) is 0 Å². The monoisotopic (exact) mass is 245 g/mol. The van der Waals surface area contributed by atoms with Gasteiger partial charge < -0.3 is 0 Å². The van der Waals surface area contributed by atoms with Crippen LogP contribution in [-0.2, 0) is 0 Å². The van der Waals surface area contributed by atoms with Gasteiger partial charge in [-0.25, -0.2) is 0 Å². The fraction of sp³-hybridized carbons (Fsp3) is 1.00. The summed E-state index contributed by atoms with van der Waals surface area (Å²) in [4.78, 5) is 0. The van der Waals surface area contributed by atoms with Crippen molar-refractivity contribution < 1.29 is 10.2 Å². The standard InChI is InChI=1S/C4H9O2.ClH.Sn/c1-4(6)2-3-5;;/h4-6H,1-3H2;1H;. The summed E-state index contributed by atoms with van der Waals surface area (Å²) in [5.74, 6) is 0. The first-order valence-electron chi connectivity index (χ1n) is 2.24. The summed E-state index contributed by atoms with van der Waals surface area (Å²) < 4.78 is 0.827. The molecule has 0 saturated carbocycles. The minimum atomic E-state index is -0.261. The van der Waals surface area contributed by atoms with Gasteiger partial charge in [0.1, 0.15) is 0 Å². The van der Waals surface area contributed by atoms with Crippen molar-refractivity contribution in [3.05, 3.63) is 0 Å². The Bertz CT molecular complexity index is 45.0. The van der Waals surface area contributed by atoms with Gasteiger partial charge in [-0.2, -0.15) is 0 Å². The van der Waals surface area contributed by atoms with E-state index in [-0.39, 0.29) is 25.1 Å². The quantitative estimate of drug-likeness (QED) is 0.671. The number of aliphatic hydroxyl groups is 2. The summed E-state index contributed by atoms with van der Waals surface area (Å²) in [7, 11) is 0. The van der Waals surface area contributed by atoms with Crippen molar-refractivity contribution in [3.8, 4) is 0 Å². The molecule has 0 aromatic heterocycles. The molecule has 0 rings (SSSR count). The van der Waals surface area contributed by atoms with Crippen molar-refractivity contribution in [2.75, 3.05) is 6.61 Å². The van der Waals surface area contributed by atoms with E-state index in [1.54, 1.807) is 0 Å². The molecule has 0 bridgehead atoms. The fourth-order valence-electron chi connectivity index (χ4n) is 0.251.